The molecule has 5 heteroatoms. The summed E-state index contributed by atoms with van der Waals surface area (Å²) in [5.41, 5.74) is 1.40. The van der Waals surface area contributed by atoms with Crippen molar-refractivity contribution in [3.63, 3.8) is 0 Å². The van der Waals surface area contributed by atoms with Gasteiger partial charge in [-0.15, -0.1) is 0 Å². The smallest absolute Gasteiger partial charge is 0.303 e. The minimum absolute atomic E-state index is 0.00246. The number of hydrogen-bond donors (Lipinski definition) is 1. The van der Waals surface area contributed by atoms with Gasteiger partial charge in [-0.05, 0) is 6.07 Å². The maximum absolute atomic E-state index is 10.4. The number of aromatic nitrogens is 1. The summed E-state index contributed by atoms with van der Waals surface area (Å²) in [6.07, 6.45) is 1.76. The van der Waals surface area contributed by atoms with E-state index < -0.39 is 5.97 Å². The Morgan fingerprint density at radius 1 is 1.41 bits per heavy atom. The molecule has 2 aromatic rings. The van der Waals surface area contributed by atoms with Crippen LogP contribution in [0.25, 0.3) is 11.3 Å². The van der Waals surface area contributed by atoms with Gasteiger partial charge in [-0.1, -0.05) is 29.8 Å². The van der Waals surface area contributed by atoms with Gasteiger partial charge in [-0.3, -0.25) is 4.79 Å². The molecule has 4 nitrogen and oxygen atoms in total. The van der Waals surface area contributed by atoms with Crippen molar-refractivity contribution in [1.82, 2.24) is 4.98 Å². The van der Waals surface area contributed by atoms with Crippen LogP contribution in [0.3, 0.4) is 0 Å². The monoisotopic (exact) mass is 251 g/mol. The van der Waals surface area contributed by atoms with E-state index in [0.717, 1.165) is 5.56 Å². The van der Waals surface area contributed by atoms with Gasteiger partial charge in [-0.25, -0.2) is 4.98 Å². The summed E-state index contributed by atoms with van der Waals surface area (Å²) in [7, 11) is 0. The van der Waals surface area contributed by atoms with Crippen LogP contribution in [0.1, 0.15) is 12.3 Å². The summed E-state index contributed by atoms with van der Waals surface area (Å²) < 4.78 is 5.19. The predicted molar refractivity (Wildman–Crippen MR) is 62.9 cm³/mol. The summed E-state index contributed by atoms with van der Waals surface area (Å²) in [5.74, 6) is -0.468. The molecule has 17 heavy (non-hydrogen) atoms. The number of benzene rings is 1. The minimum atomic E-state index is -0.873. The zero-order valence-corrected chi connectivity index (χ0v) is 9.65. The third kappa shape index (κ3) is 2.85. The van der Waals surface area contributed by atoms with E-state index in [1.165, 1.54) is 6.26 Å². The van der Waals surface area contributed by atoms with Crippen LogP contribution in [0.15, 0.2) is 34.9 Å². The van der Waals surface area contributed by atoms with Crippen LogP contribution >= 0.6 is 11.6 Å². The molecule has 0 atom stereocenters. The molecule has 88 valence electrons. The molecule has 0 fully saturated rings. The Labute approximate surface area is 103 Å². The highest BCUT2D eigenvalue weighted by atomic mass is 35.5. The Morgan fingerprint density at radius 3 is 2.88 bits per heavy atom. The van der Waals surface area contributed by atoms with Gasteiger partial charge in [0, 0.05) is 12.0 Å². The molecule has 0 spiro atoms. The molecule has 0 aliphatic heterocycles. The molecule has 1 aromatic carbocycles. The molecule has 0 amide bonds. The molecule has 0 radical (unpaired) electrons. The average molecular weight is 252 g/mol. The molecular weight excluding hydrogens is 242 g/mol. The minimum Gasteiger partial charge on any atom is -0.481 e. The Balaban J connectivity index is 2.18. The van der Waals surface area contributed by atoms with Crippen LogP contribution in [0.2, 0.25) is 5.02 Å². The Bertz CT molecular complexity index is 536. The fraction of sp³-hybridized carbons (Fsp3) is 0.167. The molecular formula is C12H10ClNO3. The van der Waals surface area contributed by atoms with Crippen molar-refractivity contribution in [2.24, 2.45) is 0 Å². The molecule has 0 unspecified atom stereocenters. The lowest BCUT2D eigenvalue weighted by atomic mass is 10.2. The number of nitrogens with zero attached hydrogens (tertiary/aromatic N) is 1. The van der Waals surface area contributed by atoms with Crippen molar-refractivity contribution in [2.75, 3.05) is 0 Å². The van der Waals surface area contributed by atoms with Crippen molar-refractivity contribution in [2.45, 2.75) is 12.8 Å². The van der Waals surface area contributed by atoms with E-state index in [1.807, 2.05) is 18.2 Å². The molecule has 0 saturated carbocycles. The van der Waals surface area contributed by atoms with Crippen LogP contribution in [-0.4, -0.2) is 16.1 Å². The zero-order valence-electron chi connectivity index (χ0n) is 8.89. The van der Waals surface area contributed by atoms with Gasteiger partial charge in [0.1, 0.15) is 12.0 Å². The van der Waals surface area contributed by atoms with Crippen molar-refractivity contribution >= 4 is 17.6 Å². The number of aliphatic carboxylic acids is 1. The second kappa shape index (κ2) is 5.01. The number of halogens is 1. The predicted octanol–water partition coefficient (Wildman–Crippen LogP) is 3.01. The number of oxazole rings is 1. The van der Waals surface area contributed by atoms with Gasteiger partial charge in [0.25, 0.3) is 0 Å². The van der Waals surface area contributed by atoms with E-state index >= 15 is 0 Å². The second-order valence-corrected chi connectivity index (χ2v) is 3.91. The lowest BCUT2D eigenvalue weighted by molar-refractivity contribution is -0.137. The highest BCUT2D eigenvalue weighted by Crippen LogP contribution is 2.26. The van der Waals surface area contributed by atoms with Gasteiger partial charge >= 0.3 is 5.97 Å². The van der Waals surface area contributed by atoms with Gasteiger partial charge in [0.2, 0.25) is 0 Å². The standard InChI is InChI=1S/C12H10ClNO3/c13-9-4-2-1-3-8(9)10-7-17-11(14-10)5-6-12(15)16/h1-4,7H,5-6H2,(H,15,16). The van der Waals surface area contributed by atoms with Gasteiger partial charge < -0.3 is 9.52 Å². The quantitative estimate of drug-likeness (QED) is 0.907. The summed E-state index contributed by atoms with van der Waals surface area (Å²) in [4.78, 5) is 14.6. The van der Waals surface area contributed by atoms with E-state index in [9.17, 15) is 4.79 Å². The number of carboxylic acid groups (broad SMARTS) is 1. The Kier molecular flexibility index (Phi) is 3.44. The van der Waals surface area contributed by atoms with E-state index in [0.29, 0.717) is 16.6 Å². The molecule has 1 aromatic heterocycles. The number of rotatable bonds is 4. The third-order valence-electron chi connectivity index (χ3n) is 2.25. The van der Waals surface area contributed by atoms with Crippen LogP contribution in [-0.2, 0) is 11.2 Å². The third-order valence-corrected chi connectivity index (χ3v) is 2.58. The molecule has 1 heterocycles. The molecule has 0 saturated heterocycles. The average Bonchev–Trinajstić information content (AvgIpc) is 2.75. The van der Waals surface area contributed by atoms with Crippen LogP contribution < -0.4 is 0 Å². The maximum Gasteiger partial charge on any atom is 0.303 e. The Morgan fingerprint density at radius 2 is 2.18 bits per heavy atom. The van der Waals surface area contributed by atoms with Crippen molar-refractivity contribution in [3.8, 4) is 11.3 Å². The first-order valence-corrected chi connectivity index (χ1v) is 5.45. The number of carbonyl (C=O) groups is 1. The topological polar surface area (TPSA) is 63.3 Å². The molecule has 2 rings (SSSR count). The fourth-order valence-electron chi connectivity index (χ4n) is 1.43. The number of aryl methyl sites for hydroxylation is 1. The number of hydrogen-bond acceptors (Lipinski definition) is 3. The van der Waals surface area contributed by atoms with Gasteiger partial charge in [0.05, 0.1) is 11.4 Å². The van der Waals surface area contributed by atoms with E-state index in [4.69, 9.17) is 21.1 Å². The fourth-order valence-corrected chi connectivity index (χ4v) is 1.66. The van der Waals surface area contributed by atoms with Crippen molar-refractivity contribution in [3.05, 3.63) is 41.4 Å². The van der Waals surface area contributed by atoms with E-state index in [-0.39, 0.29) is 12.8 Å². The highest BCUT2D eigenvalue weighted by molar-refractivity contribution is 6.33. The second-order valence-electron chi connectivity index (χ2n) is 3.50. The van der Waals surface area contributed by atoms with Gasteiger partial charge in [-0.2, -0.15) is 0 Å². The van der Waals surface area contributed by atoms with Gasteiger partial charge in [0.15, 0.2) is 5.89 Å². The lowest BCUT2D eigenvalue weighted by Gasteiger charge is -1.97. The van der Waals surface area contributed by atoms with E-state index in [1.54, 1.807) is 6.07 Å². The molecule has 1 N–H and O–H groups in total. The zero-order chi connectivity index (χ0) is 12.3. The molecule has 0 aliphatic carbocycles. The maximum atomic E-state index is 10.4. The summed E-state index contributed by atoms with van der Waals surface area (Å²) in [6.45, 7) is 0. The Hall–Kier alpha value is -1.81. The largest absolute Gasteiger partial charge is 0.481 e. The van der Waals surface area contributed by atoms with E-state index in [2.05, 4.69) is 4.98 Å². The summed E-state index contributed by atoms with van der Waals surface area (Å²) in [6, 6.07) is 7.29. The summed E-state index contributed by atoms with van der Waals surface area (Å²) >= 11 is 6.02. The first-order valence-electron chi connectivity index (χ1n) is 5.08. The summed E-state index contributed by atoms with van der Waals surface area (Å²) in [5, 5.41) is 9.14. The number of carboxylic acids is 1. The normalized spacial score (nSPS) is 10.4. The molecule has 0 aliphatic rings. The highest BCUT2D eigenvalue weighted by Gasteiger charge is 2.10. The lowest BCUT2D eigenvalue weighted by Crippen LogP contribution is -1.97. The molecule has 0 bridgehead atoms. The van der Waals surface area contributed by atoms with Crippen molar-refractivity contribution in [1.29, 1.82) is 0 Å². The van der Waals surface area contributed by atoms with Crippen molar-refractivity contribution < 1.29 is 14.3 Å². The SMILES string of the molecule is O=C(O)CCc1nc(-c2ccccc2Cl)co1. The van der Waals surface area contributed by atoms with Crippen LogP contribution in [0.4, 0.5) is 0 Å². The first kappa shape index (κ1) is 11.7. The van der Waals surface area contributed by atoms with Crippen LogP contribution in [0, 0.1) is 0 Å². The van der Waals surface area contributed by atoms with Crippen LogP contribution in [0.5, 0.6) is 0 Å². The first-order chi connectivity index (χ1) is 8.16.